The Kier molecular flexibility index (Phi) is 61.1. The number of nitriles is 1. The Morgan fingerprint density at radius 1 is 0.500 bits per heavy atom. The first-order valence-electron chi connectivity index (χ1n) is 28.1. The van der Waals surface area contributed by atoms with Crippen LogP contribution in [-0.4, -0.2) is 104 Å². The topological polar surface area (TPSA) is 230 Å². The zero-order valence-electron chi connectivity index (χ0n) is 58.8. The number of carbonyl (C=O) groups excluding carboxylic acids is 3. The molecule has 0 saturated carbocycles. The van der Waals surface area contributed by atoms with Gasteiger partial charge in [0.25, 0.3) is 0 Å². The number of nitrogens with zero attached hydrogens (tertiary/aromatic N) is 15. The first-order chi connectivity index (χ1) is 42.1. The minimum absolute atomic E-state index is 0. The molecular formula is C68H85N16O5Y7-7. The van der Waals surface area contributed by atoms with Crippen LogP contribution in [0.25, 0.3) is 23.7 Å². The van der Waals surface area contributed by atoms with E-state index in [1.165, 1.54) is 11.6 Å². The molecule has 0 aliphatic carbocycles. The van der Waals surface area contributed by atoms with Gasteiger partial charge in [0, 0.05) is 273 Å². The molecule has 0 saturated heterocycles. The van der Waals surface area contributed by atoms with E-state index in [9.17, 15) is 14.4 Å². The third kappa shape index (κ3) is 36.9. The number of carbonyl (C=O) groups is 3. The molecule has 0 aliphatic rings. The SMILES string of the molecule is C=C(C#N)n1c(C)[c-]nc1C.C=C(C)C(=O)OCCn1c(C)[c-]nc1C.C=C(C)n1c(C)[c-]nc1C.C=CC(=O)NCCn1c(C)[c-]nc1C.C=CC(=O)OCCn1c(C)[c-]nc1C.C=Cc1ccc(Cn2c(C)[c-]nc2C)cc1.C=Cn1c(C)[c-]nc1C.[Y].[Y].[Y].[Y].[Y].[Y].[Y]. The third-order valence-electron chi connectivity index (χ3n) is 12.8. The van der Waals surface area contributed by atoms with E-state index in [2.05, 4.69) is 158 Å². The zero-order valence-corrected chi connectivity index (χ0v) is 78.7. The van der Waals surface area contributed by atoms with Gasteiger partial charge >= 0.3 is 11.9 Å². The fraction of sp³-hybridized carbons (Fsp3) is 0.338. The van der Waals surface area contributed by atoms with Crippen LogP contribution in [0.2, 0.25) is 0 Å². The molecule has 1 N–H and O–H groups in total. The molecule has 28 heteroatoms. The summed E-state index contributed by atoms with van der Waals surface area (Å²) in [5.41, 5.74) is 11.0. The summed E-state index contributed by atoms with van der Waals surface area (Å²) >= 11 is 0. The van der Waals surface area contributed by atoms with Gasteiger partial charge in [-0.3, -0.25) is 4.79 Å². The normalized spacial score (nSPS) is 9.16. The summed E-state index contributed by atoms with van der Waals surface area (Å²) in [6, 6.07) is 10.4. The Morgan fingerprint density at radius 3 is 1.18 bits per heavy atom. The molecule has 8 rings (SSSR count). The molecule has 21 nitrogen and oxygen atoms in total. The first-order valence-corrected chi connectivity index (χ1v) is 28.1. The number of nitrogens with one attached hydrogen (secondary N) is 1. The first kappa shape index (κ1) is 104. The number of amides is 1. The maximum absolute atomic E-state index is 11.1. The summed E-state index contributed by atoms with van der Waals surface area (Å²) in [5.74, 6) is 5.39. The second-order valence-corrected chi connectivity index (χ2v) is 19.8. The van der Waals surface area contributed by atoms with Crippen LogP contribution in [0, 0.1) is 152 Å². The molecule has 7 radical (unpaired) electrons. The monoisotopic (exact) mass is 1830 g/mol. The predicted octanol–water partition coefficient (Wildman–Crippen LogP) is 10.5. The van der Waals surface area contributed by atoms with Gasteiger partial charge in [0.15, 0.2) is 0 Å². The van der Waals surface area contributed by atoms with Gasteiger partial charge < -0.3 is 81.6 Å². The minimum atomic E-state index is -0.399. The van der Waals surface area contributed by atoms with Gasteiger partial charge in [-0.25, -0.2) is 9.59 Å². The number of hydrogen-bond donors (Lipinski definition) is 1. The molecule has 7 heterocycles. The number of allylic oxidation sites excluding steroid dienone is 2. The molecule has 1 amide bonds. The Balaban J connectivity index is -0.000000245. The van der Waals surface area contributed by atoms with E-state index in [4.69, 9.17) is 14.7 Å². The molecule has 7 aromatic heterocycles. The smallest absolute Gasteiger partial charge is 0.333 e. The Hall–Kier alpha value is -2.50. The van der Waals surface area contributed by atoms with Crippen LogP contribution in [0.1, 0.15) is 106 Å². The van der Waals surface area contributed by atoms with Gasteiger partial charge in [-0.05, 0) is 109 Å². The number of aromatic nitrogens is 14. The summed E-state index contributed by atoms with van der Waals surface area (Å²) in [6.45, 7) is 59.5. The minimum Gasteiger partial charge on any atom is -0.461 e. The third-order valence-corrected chi connectivity index (χ3v) is 12.8. The van der Waals surface area contributed by atoms with Gasteiger partial charge in [0.2, 0.25) is 5.91 Å². The van der Waals surface area contributed by atoms with Crippen molar-refractivity contribution in [2.24, 2.45) is 0 Å². The molecule has 0 bridgehead atoms. The molecule has 1 aromatic carbocycles. The quantitative estimate of drug-likeness (QED) is 0.0365. The van der Waals surface area contributed by atoms with Crippen molar-refractivity contribution in [3.8, 4) is 6.07 Å². The molecule has 0 aliphatic heterocycles. The van der Waals surface area contributed by atoms with Crippen LogP contribution < -0.4 is 5.32 Å². The second kappa shape index (κ2) is 56.1. The van der Waals surface area contributed by atoms with E-state index in [-0.39, 0.29) is 241 Å². The van der Waals surface area contributed by atoms with Crippen LogP contribution in [-0.2, 0) is 279 Å². The van der Waals surface area contributed by atoms with Crippen LogP contribution in [0.15, 0.2) is 88.0 Å². The zero-order chi connectivity index (χ0) is 67.1. The molecule has 0 unspecified atom stereocenters. The number of aryl methyl sites for hydroxylation is 14. The molecule has 495 valence electrons. The molecule has 96 heavy (non-hydrogen) atoms. The summed E-state index contributed by atoms with van der Waals surface area (Å²) in [5, 5.41) is 11.2. The van der Waals surface area contributed by atoms with E-state index >= 15 is 0 Å². The Bertz CT molecular complexity index is 3540. The van der Waals surface area contributed by atoms with E-state index in [1.807, 2.05) is 139 Å². The summed E-state index contributed by atoms with van der Waals surface area (Å²) in [7, 11) is 0. The summed E-state index contributed by atoms with van der Waals surface area (Å²) in [4.78, 5) is 60.8. The van der Waals surface area contributed by atoms with Gasteiger partial charge in [-0.15, -0.1) is 43.4 Å². The number of ether oxygens (including phenoxy) is 2. The maximum Gasteiger partial charge on any atom is 0.333 e. The van der Waals surface area contributed by atoms with Gasteiger partial charge in [-0.2, -0.15) is 5.26 Å². The van der Waals surface area contributed by atoms with Crippen LogP contribution in [0.4, 0.5) is 0 Å². The summed E-state index contributed by atoms with van der Waals surface area (Å²) < 4.78 is 23.4. The van der Waals surface area contributed by atoms with E-state index < -0.39 is 5.97 Å². The van der Waals surface area contributed by atoms with Crippen molar-refractivity contribution in [2.45, 2.75) is 137 Å². The number of hydrogen-bond acceptors (Lipinski definition) is 13. The fourth-order valence-electron chi connectivity index (χ4n) is 8.08. The molecule has 0 atom stereocenters. The van der Waals surface area contributed by atoms with Crippen molar-refractivity contribution < 1.29 is 253 Å². The second-order valence-electron chi connectivity index (χ2n) is 19.8. The average molecular weight is 1830 g/mol. The largest absolute Gasteiger partial charge is 0.461 e. The van der Waals surface area contributed by atoms with Crippen LogP contribution in [0.5, 0.6) is 0 Å². The van der Waals surface area contributed by atoms with E-state index in [1.54, 1.807) is 17.7 Å². The Morgan fingerprint density at radius 2 is 0.875 bits per heavy atom. The van der Waals surface area contributed by atoms with Gasteiger partial charge in [0.05, 0.1) is 0 Å². The standard InChI is InChI=1S/C14H15N2.C11H15N2O2.C10H14N3O.C10H13N2O2.C8H8N3.C8H11N2.C7H9N2.7Y/c1-4-13-5-7-14(8-6-13)10-16-11(2)9-15-12(16)3;1-8(2)11(14)15-6-5-13-9(3)7-12-10(13)4;1-4-10(14)11-5-6-13-8(2)7-12-9(13)3;1-4-10(13)14-6-5-12-8(2)7-11-9(12)3;1-6(4-9)11-7(2)5-10-8(11)3;1-6(2)10-7(3)5-9-8(10)4;1-4-9-6(2)5-8-7(9)3;;;;;;;/h4-8H,1,10H2,2-3H3;1,5-6H2,2-4H3;4H,1,5-6H2,2-3H3,(H,11,14);4H,1,5-6H2,2-3H3;1H2,2-3H3;1H2,2-4H3;4H,1H2,2-3H3;;;;;;;/q7*-1;;;;;;;. The number of rotatable bonds is 18. The number of benzene rings is 1. The van der Waals surface area contributed by atoms with Gasteiger partial charge in [0.1, 0.15) is 25.0 Å². The number of esters is 2. The maximum atomic E-state index is 11.1. The van der Waals surface area contributed by atoms with Crippen LogP contribution >= 0.6 is 0 Å². The fourth-order valence-corrected chi connectivity index (χ4v) is 8.08. The molecule has 8 aromatic rings. The van der Waals surface area contributed by atoms with Crippen molar-refractivity contribution in [3.63, 3.8) is 0 Å². The predicted molar refractivity (Wildman–Crippen MR) is 348 cm³/mol. The van der Waals surface area contributed by atoms with Crippen molar-refractivity contribution in [1.29, 1.82) is 5.26 Å². The van der Waals surface area contributed by atoms with E-state index in [0.717, 1.165) is 105 Å². The molecular weight excluding hydrogens is 1740 g/mol. The van der Waals surface area contributed by atoms with Crippen LogP contribution in [0.3, 0.4) is 0 Å². The number of imidazole rings is 7. The van der Waals surface area contributed by atoms with Crippen molar-refractivity contribution in [3.05, 3.63) is 223 Å². The molecule has 0 fully saturated rings. The Labute approximate surface area is 746 Å². The summed E-state index contributed by atoms with van der Waals surface area (Å²) in [6.07, 6.45) is 26.0. The van der Waals surface area contributed by atoms with Crippen molar-refractivity contribution in [2.75, 3.05) is 19.8 Å². The average Bonchev–Trinajstić information content (AvgIpc) is 1.68. The van der Waals surface area contributed by atoms with Crippen molar-refractivity contribution in [1.82, 2.24) is 72.2 Å². The van der Waals surface area contributed by atoms with E-state index in [0.29, 0.717) is 50.7 Å². The van der Waals surface area contributed by atoms with Gasteiger partial charge in [-0.1, -0.05) is 188 Å². The molecule has 0 spiro atoms. The van der Waals surface area contributed by atoms with Crippen molar-refractivity contribution >= 4 is 41.5 Å².